The molecule has 2 rings (SSSR count). The highest BCUT2D eigenvalue weighted by Crippen LogP contribution is 2.16. The molecule has 2 nitrogen and oxygen atoms in total. The molecule has 1 N–H and O–H groups in total. The summed E-state index contributed by atoms with van der Waals surface area (Å²) in [7, 11) is -0.639. The van der Waals surface area contributed by atoms with E-state index in [0.29, 0.717) is 18.2 Å². The summed E-state index contributed by atoms with van der Waals surface area (Å²) in [6.45, 7) is 0.530. The molecule has 0 amide bonds. The third kappa shape index (κ3) is 3.86. The van der Waals surface area contributed by atoms with Crippen LogP contribution in [0.2, 0.25) is 0 Å². The zero-order chi connectivity index (χ0) is 12.3. The molecule has 0 bridgehead atoms. The molecule has 17 heavy (non-hydrogen) atoms. The average molecular weight is 320 g/mol. The van der Waals surface area contributed by atoms with Gasteiger partial charge in [-0.05, 0) is 31.0 Å². The van der Waals surface area contributed by atoms with Gasteiger partial charge >= 0.3 is 0 Å². The van der Waals surface area contributed by atoms with Gasteiger partial charge in [0.05, 0.1) is 0 Å². The molecule has 0 aliphatic carbocycles. The molecule has 0 saturated carbocycles. The van der Waals surface area contributed by atoms with Crippen molar-refractivity contribution in [1.29, 1.82) is 0 Å². The van der Waals surface area contributed by atoms with E-state index in [2.05, 4.69) is 21.2 Å². The van der Waals surface area contributed by atoms with E-state index in [1.54, 1.807) is 12.1 Å². The van der Waals surface area contributed by atoms with Crippen LogP contribution in [-0.2, 0) is 17.3 Å². The molecule has 1 aromatic carbocycles. The molecule has 0 unspecified atom stereocenters. The van der Waals surface area contributed by atoms with Crippen LogP contribution in [0.15, 0.2) is 22.7 Å². The second-order valence-electron chi connectivity index (χ2n) is 4.24. The van der Waals surface area contributed by atoms with Crippen LogP contribution in [0.5, 0.6) is 0 Å². The highest BCUT2D eigenvalue weighted by molar-refractivity contribution is 9.10. The van der Waals surface area contributed by atoms with E-state index in [9.17, 15) is 8.60 Å². The normalized spacial score (nSPS) is 24.8. The topological polar surface area (TPSA) is 29.1 Å². The van der Waals surface area contributed by atoms with Crippen molar-refractivity contribution in [3.05, 3.63) is 34.1 Å². The fourth-order valence-electron chi connectivity index (χ4n) is 1.93. The van der Waals surface area contributed by atoms with Gasteiger partial charge in [0.2, 0.25) is 0 Å². The Bertz CT molecular complexity index is 417. The number of benzene rings is 1. The lowest BCUT2D eigenvalue weighted by Gasteiger charge is -2.22. The summed E-state index contributed by atoms with van der Waals surface area (Å²) in [5.74, 6) is 1.34. The summed E-state index contributed by atoms with van der Waals surface area (Å²) < 4.78 is 25.6. The van der Waals surface area contributed by atoms with Gasteiger partial charge in [0.15, 0.2) is 0 Å². The third-order valence-corrected chi connectivity index (χ3v) is 4.85. The first-order valence-corrected chi connectivity index (χ1v) is 7.95. The minimum absolute atomic E-state index is 0.180. The van der Waals surface area contributed by atoms with E-state index < -0.39 is 10.8 Å². The van der Waals surface area contributed by atoms with E-state index in [4.69, 9.17) is 0 Å². The molecular formula is C12H15BrFNOS. The van der Waals surface area contributed by atoms with Crippen LogP contribution in [-0.4, -0.2) is 21.8 Å². The number of rotatable bonds is 3. The molecular weight excluding hydrogens is 305 g/mol. The first kappa shape index (κ1) is 13.2. The van der Waals surface area contributed by atoms with Gasteiger partial charge < -0.3 is 5.32 Å². The van der Waals surface area contributed by atoms with Crippen LogP contribution in [0.1, 0.15) is 18.4 Å². The third-order valence-electron chi connectivity index (χ3n) is 2.98. The highest BCUT2D eigenvalue weighted by atomic mass is 79.9. The molecule has 1 aliphatic rings. The summed E-state index contributed by atoms with van der Waals surface area (Å²) >= 11 is 3.34. The molecule has 0 atom stereocenters. The van der Waals surface area contributed by atoms with E-state index in [-0.39, 0.29) is 5.82 Å². The Morgan fingerprint density at radius 1 is 1.41 bits per heavy atom. The van der Waals surface area contributed by atoms with Crippen molar-refractivity contribution in [3.63, 3.8) is 0 Å². The standard InChI is InChI=1S/C12H15BrFNOS/c13-10-1-2-12(14)9(7-10)8-15-11-3-5-17(16)6-4-11/h1-2,7,11,15H,3-6,8H2. The zero-order valence-corrected chi connectivity index (χ0v) is 11.8. The number of hydrogen-bond acceptors (Lipinski definition) is 2. The minimum atomic E-state index is -0.639. The lowest BCUT2D eigenvalue weighted by atomic mass is 10.1. The fourth-order valence-corrected chi connectivity index (χ4v) is 3.64. The SMILES string of the molecule is O=S1CCC(NCc2cc(Br)ccc2F)CC1. The molecule has 5 heteroatoms. The van der Waals surface area contributed by atoms with Crippen LogP contribution >= 0.6 is 15.9 Å². The predicted octanol–water partition coefficient (Wildman–Crippen LogP) is 2.59. The molecule has 1 heterocycles. The Kier molecular flexibility index (Phi) is 4.70. The van der Waals surface area contributed by atoms with E-state index >= 15 is 0 Å². The van der Waals surface area contributed by atoms with Gasteiger partial charge in [0.1, 0.15) is 5.82 Å². The van der Waals surface area contributed by atoms with E-state index in [1.807, 2.05) is 0 Å². The number of halogens is 2. The van der Waals surface area contributed by atoms with Gasteiger partial charge in [-0.25, -0.2) is 4.39 Å². The maximum absolute atomic E-state index is 13.5. The largest absolute Gasteiger partial charge is 0.310 e. The molecule has 0 radical (unpaired) electrons. The summed E-state index contributed by atoms with van der Waals surface area (Å²) in [5.41, 5.74) is 0.672. The van der Waals surface area contributed by atoms with Gasteiger partial charge in [-0.15, -0.1) is 0 Å². The number of nitrogens with one attached hydrogen (secondary N) is 1. The maximum Gasteiger partial charge on any atom is 0.127 e. The Morgan fingerprint density at radius 3 is 2.82 bits per heavy atom. The summed E-state index contributed by atoms with van der Waals surface area (Å²) in [5, 5.41) is 3.33. The number of hydrogen-bond donors (Lipinski definition) is 1. The van der Waals surface area contributed by atoms with Crippen molar-refractivity contribution in [2.45, 2.75) is 25.4 Å². The quantitative estimate of drug-likeness (QED) is 0.927. The molecule has 0 spiro atoms. The second-order valence-corrected chi connectivity index (χ2v) is 6.85. The molecule has 1 aromatic rings. The van der Waals surface area contributed by atoms with Crippen LogP contribution in [0, 0.1) is 5.82 Å². The lowest BCUT2D eigenvalue weighted by molar-refractivity contribution is 0.467. The molecule has 1 saturated heterocycles. The van der Waals surface area contributed by atoms with Gasteiger partial charge in [0, 0.05) is 44.9 Å². The van der Waals surface area contributed by atoms with Crippen LogP contribution in [0.3, 0.4) is 0 Å². The van der Waals surface area contributed by atoms with Gasteiger partial charge in [-0.1, -0.05) is 15.9 Å². The van der Waals surface area contributed by atoms with Crippen LogP contribution in [0.25, 0.3) is 0 Å². The molecule has 1 aliphatic heterocycles. The van der Waals surface area contributed by atoms with Crippen LogP contribution < -0.4 is 5.32 Å². The smallest absolute Gasteiger partial charge is 0.127 e. The van der Waals surface area contributed by atoms with Crippen molar-refractivity contribution in [2.24, 2.45) is 0 Å². The van der Waals surface area contributed by atoms with Crippen LogP contribution in [0.4, 0.5) is 4.39 Å². The average Bonchev–Trinajstić information content (AvgIpc) is 2.32. The first-order chi connectivity index (χ1) is 8.15. The maximum atomic E-state index is 13.5. The summed E-state index contributed by atoms with van der Waals surface area (Å²) in [6, 6.07) is 5.33. The fraction of sp³-hybridized carbons (Fsp3) is 0.500. The summed E-state index contributed by atoms with van der Waals surface area (Å²) in [6.07, 6.45) is 1.84. The van der Waals surface area contributed by atoms with E-state index in [1.165, 1.54) is 6.07 Å². The van der Waals surface area contributed by atoms with Gasteiger partial charge in [0.25, 0.3) is 0 Å². The van der Waals surface area contributed by atoms with Crippen molar-refractivity contribution in [2.75, 3.05) is 11.5 Å². The molecule has 1 fully saturated rings. The molecule has 0 aromatic heterocycles. The zero-order valence-electron chi connectivity index (χ0n) is 9.42. The van der Waals surface area contributed by atoms with Crippen molar-refractivity contribution in [1.82, 2.24) is 5.32 Å². The minimum Gasteiger partial charge on any atom is -0.310 e. The van der Waals surface area contributed by atoms with Crippen molar-refractivity contribution < 1.29 is 8.60 Å². The van der Waals surface area contributed by atoms with E-state index in [0.717, 1.165) is 28.8 Å². The van der Waals surface area contributed by atoms with Gasteiger partial charge in [-0.3, -0.25) is 4.21 Å². The van der Waals surface area contributed by atoms with Crippen molar-refractivity contribution in [3.8, 4) is 0 Å². The Hall–Kier alpha value is -0.260. The second kappa shape index (κ2) is 6.07. The Labute approximate surface area is 112 Å². The summed E-state index contributed by atoms with van der Waals surface area (Å²) in [4.78, 5) is 0. The predicted molar refractivity (Wildman–Crippen MR) is 71.8 cm³/mol. The van der Waals surface area contributed by atoms with Crippen molar-refractivity contribution >= 4 is 26.7 Å². The molecule has 94 valence electrons. The Balaban J connectivity index is 1.89. The highest BCUT2D eigenvalue weighted by Gasteiger charge is 2.17. The Morgan fingerprint density at radius 2 is 2.12 bits per heavy atom. The first-order valence-electron chi connectivity index (χ1n) is 5.67. The van der Waals surface area contributed by atoms with Gasteiger partial charge in [-0.2, -0.15) is 0 Å². The lowest BCUT2D eigenvalue weighted by Crippen LogP contribution is -2.35. The monoisotopic (exact) mass is 319 g/mol.